The molecule has 1 rings (SSSR count). The van der Waals surface area contributed by atoms with Crippen LogP contribution in [0.5, 0.6) is 0 Å². The minimum atomic E-state index is -3.56. The molecule has 5 nitrogen and oxygen atoms in total. The summed E-state index contributed by atoms with van der Waals surface area (Å²) in [4.78, 5) is 4.03. The molecule has 0 aliphatic heterocycles. The third kappa shape index (κ3) is 3.88. The molecule has 1 heterocycles. The number of pyridine rings is 1. The lowest BCUT2D eigenvalue weighted by Crippen LogP contribution is -2.30. The summed E-state index contributed by atoms with van der Waals surface area (Å²) in [6.07, 6.45) is 2.54. The van der Waals surface area contributed by atoms with E-state index in [2.05, 4.69) is 9.17 Å². The van der Waals surface area contributed by atoms with Crippen LogP contribution in [-0.2, 0) is 19.9 Å². The fourth-order valence-corrected chi connectivity index (χ4v) is 1.53. The number of rotatable bonds is 4. The van der Waals surface area contributed by atoms with Gasteiger partial charge in [-0.3, -0.25) is 9.17 Å². The smallest absolute Gasteiger partial charge is 0.264 e. The van der Waals surface area contributed by atoms with E-state index < -0.39 is 15.7 Å². The van der Waals surface area contributed by atoms with Gasteiger partial charge in [0.15, 0.2) is 0 Å². The van der Waals surface area contributed by atoms with Crippen molar-refractivity contribution < 1.29 is 17.7 Å². The number of hydrogen-bond acceptors (Lipinski definition) is 5. The minimum absolute atomic E-state index is 0.345. The van der Waals surface area contributed by atoms with Gasteiger partial charge in [-0.25, -0.2) is 0 Å². The van der Waals surface area contributed by atoms with E-state index in [1.807, 2.05) is 6.92 Å². The van der Waals surface area contributed by atoms with Gasteiger partial charge in [-0.15, -0.1) is 0 Å². The Labute approximate surface area is 95.2 Å². The monoisotopic (exact) mass is 245 g/mol. The normalized spacial score (nSPS) is 15.8. The van der Waals surface area contributed by atoms with Crippen molar-refractivity contribution in [2.24, 2.45) is 0 Å². The van der Waals surface area contributed by atoms with Crippen LogP contribution in [0.3, 0.4) is 0 Å². The van der Waals surface area contributed by atoms with Crippen LogP contribution in [0.25, 0.3) is 0 Å². The summed E-state index contributed by atoms with van der Waals surface area (Å²) in [5.41, 5.74) is -0.0816. The Morgan fingerprint density at radius 3 is 2.56 bits per heavy atom. The van der Waals surface area contributed by atoms with E-state index in [1.165, 1.54) is 6.92 Å². The van der Waals surface area contributed by atoms with Crippen molar-refractivity contribution in [3.63, 3.8) is 0 Å². The molecule has 0 spiro atoms. The molecule has 1 atom stereocenters. The number of aromatic nitrogens is 1. The van der Waals surface area contributed by atoms with Crippen molar-refractivity contribution in [2.45, 2.75) is 19.4 Å². The van der Waals surface area contributed by atoms with Crippen LogP contribution in [0.4, 0.5) is 0 Å². The van der Waals surface area contributed by atoms with Crippen molar-refractivity contribution in [1.82, 2.24) is 4.98 Å². The Balaban J connectivity index is 2.81. The number of nitrogens with zero attached hydrogens (tertiary/aromatic N) is 1. The van der Waals surface area contributed by atoms with E-state index in [-0.39, 0.29) is 6.61 Å². The van der Waals surface area contributed by atoms with E-state index in [9.17, 15) is 13.5 Å². The van der Waals surface area contributed by atoms with Crippen molar-refractivity contribution >= 4 is 10.1 Å². The van der Waals surface area contributed by atoms with Gasteiger partial charge in [0, 0.05) is 6.20 Å². The number of hydrogen-bond donors (Lipinski definition) is 1. The zero-order chi connectivity index (χ0) is 12.4. The van der Waals surface area contributed by atoms with E-state index in [0.29, 0.717) is 5.69 Å². The first-order valence-electron chi connectivity index (χ1n) is 4.71. The lowest BCUT2D eigenvalue weighted by Gasteiger charge is -2.21. The average Bonchev–Trinajstić information content (AvgIpc) is 2.15. The van der Waals surface area contributed by atoms with E-state index in [4.69, 9.17) is 0 Å². The predicted octanol–water partition coefficient (Wildman–Crippen LogP) is 0.574. The van der Waals surface area contributed by atoms with Gasteiger partial charge >= 0.3 is 0 Å². The Morgan fingerprint density at radius 2 is 2.12 bits per heavy atom. The molecule has 0 aromatic carbocycles. The number of aliphatic hydroxyl groups is 1. The van der Waals surface area contributed by atoms with E-state index in [1.54, 1.807) is 18.3 Å². The third-order valence-electron chi connectivity index (χ3n) is 2.02. The highest BCUT2D eigenvalue weighted by Gasteiger charge is 2.26. The van der Waals surface area contributed by atoms with Crippen molar-refractivity contribution in [2.75, 3.05) is 12.9 Å². The number of aryl methyl sites for hydroxylation is 1. The maximum Gasteiger partial charge on any atom is 0.264 e. The molecule has 0 saturated carbocycles. The van der Waals surface area contributed by atoms with Crippen molar-refractivity contribution in [3.8, 4) is 0 Å². The highest BCUT2D eigenvalue weighted by atomic mass is 32.2. The lowest BCUT2D eigenvalue weighted by molar-refractivity contribution is 0.00631. The Hall–Kier alpha value is -0.980. The first-order valence-corrected chi connectivity index (χ1v) is 6.52. The maximum atomic E-state index is 10.8. The summed E-state index contributed by atoms with van der Waals surface area (Å²) in [6.45, 7) is 2.98. The predicted molar refractivity (Wildman–Crippen MR) is 59.3 cm³/mol. The molecule has 0 amide bonds. The molecule has 0 saturated heterocycles. The largest absolute Gasteiger partial charge is 0.381 e. The lowest BCUT2D eigenvalue weighted by atomic mass is 10.0. The fraction of sp³-hybridized carbons (Fsp3) is 0.500. The molecular weight excluding hydrogens is 230 g/mol. The van der Waals surface area contributed by atoms with Gasteiger partial charge in [-0.1, -0.05) is 6.07 Å². The highest BCUT2D eigenvalue weighted by molar-refractivity contribution is 7.85. The highest BCUT2D eigenvalue weighted by Crippen LogP contribution is 2.19. The summed E-state index contributed by atoms with van der Waals surface area (Å²) >= 11 is 0. The molecule has 1 aromatic rings. The van der Waals surface area contributed by atoms with Crippen LogP contribution in [0.15, 0.2) is 18.3 Å². The molecule has 1 N–H and O–H groups in total. The summed E-state index contributed by atoms with van der Waals surface area (Å²) in [5.74, 6) is 0. The van der Waals surface area contributed by atoms with Gasteiger partial charge < -0.3 is 5.11 Å². The second-order valence-electron chi connectivity index (χ2n) is 3.96. The van der Waals surface area contributed by atoms with E-state index in [0.717, 1.165) is 11.8 Å². The third-order valence-corrected chi connectivity index (χ3v) is 2.56. The summed E-state index contributed by atoms with van der Waals surface area (Å²) in [6, 6.07) is 3.43. The van der Waals surface area contributed by atoms with Crippen LogP contribution >= 0.6 is 0 Å². The van der Waals surface area contributed by atoms with Gasteiger partial charge in [-0.05, 0) is 25.5 Å². The van der Waals surface area contributed by atoms with Gasteiger partial charge in [0.25, 0.3) is 10.1 Å². The Kier molecular flexibility index (Phi) is 3.67. The van der Waals surface area contributed by atoms with Crippen molar-refractivity contribution in [1.29, 1.82) is 0 Å². The summed E-state index contributed by atoms with van der Waals surface area (Å²) < 4.78 is 26.2. The molecule has 6 heteroatoms. The van der Waals surface area contributed by atoms with Crippen LogP contribution in [0.2, 0.25) is 0 Å². The first kappa shape index (κ1) is 13.1. The molecular formula is C10H15NO4S. The van der Waals surface area contributed by atoms with Crippen LogP contribution in [0, 0.1) is 6.92 Å². The molecule has 0 radical (unpaired) electrons. The maximum absolute atomic E-state index is 10.8. The Bertz CT molecular complexity index is 450. The van der Waals surface area contributed by atoms with Crippen LogP contribution in [0.1, 0.15) is 18.2 Å². The molecule has 0 bridgehead atoms. The summed E-state index contributed by atoms with van der Waals surface area (Å²) in [5, 5.41) is 9.99. The van der Waals surface area contributed by atoms with Gasteiger partial charge in [0.1, 0.15) is 12.2 Å². The van der Waals surface area contributed by atoms with Gasteiger partial charge in [0.2, 0.25) is 0 Å². The Morgan fingerprint density at radius 1 is 1.50 bits per heavy atom. The second kappa shape index (κ2) is 4.48. The molecule has 0 aliphatic carbocycles. The fourth-order valence-electron chi connectivity index (χ4n) is 1.08. The van der Waals surface area contributed by atoms with Gasteiger partial charge in [-0.2, -0.15) is 8.42 Å². The standard InChI is InChI=1S/C10H15NO4S/c1-8-4-5-9(11-6-8)10(2,12)7-15-16(3,13)14/h4-6,12H,7H2,1-3H3/t10-/m1/s1. The molecule has 1 aromatic heterocycles. The molecule has 0 aliphatic rings. The molecule has 90 valence electrons. The quantitative estimate of drug-likeness (QED) is 0.785. The molecule has 0 fully saturated rings. The molecule has 16 heavy (non-hydrogen) atoms. The topological polar surface area (TPSA) is 76.5 Å². The average molecular weight is 245 g/mol. The molecule has 0 unspecified atom stereocenters. The van der Waals surface area contributed by atoms with Crippen LogP contribution < -0.4 is 0 Å². The van der Waals surface area contributed by atoms with Crippen LogP contribution in [-0.4, -0.2) is 31.4 Å². The zero-order valence-electron chi connectivity index (χ0n) is 9.47. The van der Waals surface area contributed by atoms with Gasteiger partial charge in [0.05, 0.1) is 11.9 Å². The van der Waals surface area contributed by atoms with E-state index >= 15 is 0 Å². The summed E-state index contributed by atoms with van der Waals surface area (Å²) in [7, 11) is -3.56. The second-order valence-corrected chi connectivity index (χ2v) is 5.60. The first-order chi connectivity index (χ1) is 7.21. The zero-order valence-corrected chi connectivity index (χ0v) is 10.3. The minimum Gasteiger partial charge on any atom is -0.381 e. The van der Waals surface area contributed by atoms with Crippen molar-refractivity contribution in [3.05, 3.63) is 29.6 Å². The SMILES string of the molecule is Cc1ccc([C@](C)(O)COS(C)(=O)=O)nc1.